The normalized spacial score (nSPS) is 17.7. The first-order valence-corrected chi connectivity index (χ1v) is 12.1. The maximum absolute atomic E-state index is 13.2. The lowest BCUT2D eigenvalue weighted by atomic mass is 10.0. The second-order valence-electron chi connectivity index (χ2n) is 7.54. The van der Waals surface area contributed by atoms with E-state index in [0.717, 1.165) is 10.6 Å². The van der Waals surface area contributed by atoms with Crippen LogP contribution >= 0.6 is 23.5 Å². The minimum Gasteiger partial charge on any atom is -0.342 e. The number of thioether (sulfide) groups is 2. The lowest BCUT2D eigenvalue weighted by Crippen LogP contribution is -2.53. The van der Waals surface area contributed by atoms with Crippen LogP contribution < -0.4 is 0 Å². The largest absolute Gasteiger partial charge is 0.342 e. The summed E-state index contributed by atoms with van der Waals surface area (Å²) in [6, 6.07) is 15.8. The Morgan fingerprint density at radius 2 is 1.81 bits per heavy atom. The van der Waals surface area contributed by atoms with Crippen LogP contribution in [0.15, 0.2) is 59.5 Å². The molecule has 2 fully saturated rings. The summed E-state index contributed by atoms with van der Waals surface area (Å²) in [7, 11) is 0. The summed E-state index contributed by atoms with van der Waals surface area (Å²) in [6.07, 6.45) is 1.42. The van der Waals surface area contributed by atoms with Crippen LogP contribution in [-0.2, 0) is 4.79 Å². The topological polar surface area (TPSA) is 83.8 Å². The number of non-ortho nitro benzene ring substituents is 1. The summed E-state index contributed by atoms with van der Waals surface area (Å²) < 4.78 is 0. The molecule has 0 saturated carbocycles. The molecule has 2 amide bonds. The molecule has 1 spiro atoms. The van der Waals surface area contributed by atoms with Gasteiger partial charge in [0.15, 0.2) is 0 Å². The van der Waals surface area contributed by atoms with Crippen LogP contribution in [-0.4, -0.2) is 62.5 Å². The summed E-state index contributed by atoms with van der Waals surface area (Å²) in [4.78, 5) is 40.9. The van der Waals surface area contributed by atoms with Gasteiger partial charge >= 0.3 is 0 Å². The van der Waals surface area contributed by atoms with Crippen LogP contribution in [0.5, 0.6) is 0 Å². The van der Waals surface area contributed by atoms with Crippen molar-refractivity contribution in [3.8, 4) is 0 Å². The lowest BCUT2D eigenvalue weighted by molar-refractivity contribution is -0.384. The van der Waals surface area contributed by atoms with Crippen LogP contribution in [0.25, 0.3) is 0 Å². The van der Waals surface area contributed by atoms with Gasteiger partial charge in [0.1, 0.15) is 0 Å². The first-order chi connectivity index (χ1) is 15.0. The fourth-order valence-corrected chi connectivity index (χ4v) is 6.35. The van der Waals surface area contributed by atoms with Gasteiger partial charge in [-0.3, -0.25) is 19.7 Å². The van der Waals surface area contributed by atoms with Crippen LogP contribution in [0, 0.1) is 10.1 Å². The number of benzene rings is 2. The number of nitro benzene ring substituents is 1. The van der Waals surface area contributed by atoms with Crippen molar-refractivity contribution in [1.82, 2.24) is 9.80 Å². The summed E-state index contributed by atoms with van der Waals surface area (Å²) >= 11 is 3.30. The van der Waals surface area contributed by atoms with Crippen molar-refractivity contribution >= 4 is 41.0 Å². The van der Waals surface area contributed by atoms with Gasteiger partial charge in [0, 0.05) is 48.0 Å². The molecule has 7 nitrogen and oxygen atoms in total. The third-order valence-electron chi connectivity index (χ3n) is 5.73. The van der Waals surface area contributed by atoms with E-state index in [9.17, 15) is 19.7 Å². The minimum absolute atomic E-state index is 0.0805. The number of hydrogen-bond donors (Lipinski definition) is 0. The van der Waals surface area contributed by atoms with Crippen molar-refractivity contribution in [2.45, 2.75) is 22.6 Å². The maximum atomic E-state index is 13.2. The maximum Gasteiger partial charge on any atom is 0.270 e. The fraction of sp³-hybridized carbons (Fsp3) is 0.364. The number of nitrogens with zero attached hydrogens (tertiary/aromatic N) is 3. The highest BCUT2D eigenvalue weighted by Crippen LogP contribution is 2.44. The summed E-state index contributed by atoms with van der Waals surface area (Å²) in [5.74, 6) is 1.18. The zero-order chi connectivity index (χ0) is 21.8. The highest BCUT2D eigenvalue weighted by molar-refractivity contribution is 8.01. The van der Waals surface area contributed by atoms with Crippen molar-refractivity contribution in [1.29, 1.82) is 0 Å². The smallest absolute Gasteiger partial charge is 0.270 e. The Hall–Kier alpha value is -2.52. The minimum atomic E-state index is -0.483. The molecule has 0 atom stereocenters. The van der Waals surface area contributed by atoms with E-state index in [2.05, 4.69) is 0 Å². The molecule has 2 saturated heterocycles. The predicted molar refractivity (Wildman–Crippen MR) is 122 cm³/mol. The molecule has 2 aliphatic heterocycles. The van der Waals surface area contributed by atoms with E-state index in [1.807, 2.05) is 40.1 Å². The van der Waals surface area contributed by atoms with Gasteiger partial charge < -0.3 is 9.80 Å². The Balaban J connectivity index is 1.39. The molecule has 0 radical (unpaired) electrons. The summed E-state index contributed by atoms with van der Waals surface area (Å²) in [6.45, 7) is 1.84. The zero-order valence-corrected chi connectivity index (χ0v) is 18.6. The fourth-order valence-electron chi connectivity index (χ4n) is 4.08. The first-order valence-electron chi connectivity index (χ1n) is 10.1. The molecule has 0 aromatic heterocycles. The van der Waals surface area contributed by atoms with Gasteiger partial charge in [0.25, 0.3) is 11.6 Å². The van der Waals surface area contributed by atoms with Crippen LogP contribution in [0.2, 0.25) is 0 Å². The predicted octanol–water partition coefficient (Wildman–Crippen LogP) is 3.89. The third kappa shape index (κ3) is 4.72. The number of nitro groups is 1. The van der Waals surface area contributed by atoms with Gasteiger partial charge in [-0.05, 0) is 31.0 Å². The number of carbonyl (C=O) groups excluding carboxylic acids is 2. The molecular weight excluding hydrogens is 434 g/mol. The van der Waals surface area contributed by atoms with E-state index in [-0.39, 0.29) is 22.4 Å². The summed E-state index contributed by atoms with van der Waals surface area (Å²) in [5.41, 5.74) is 0.261. The van der Waals surface area contributed by atoms with Crippen molar-refractivity contribution in [3.05, 3.63) is 70.3 Å². The van der Waals surface area contributed by atoms with Crippen molar-refractivity contribution in [2.75, 3.05) is 31.1 Å². The SMILES string of the molecule is O=C(CSc1ccccc1)N1CCC2(CC1)SCCN2C(=O)c1cccc([N+](=O)[O-])c1. The highest BCUT2D eigenvalue weighted by Gasteiger charge is 2.47. The van der Waals surface area contributed by atoms with Crippen LogP contribution in [0.4, 0.5) is 5.69 Å². The van der Waals surface area contributed by atoms with Gasteiger partial charge in [0.2, 0.25) is 5.91 Å². The van der Waals surface area contributed by atoms with Crippen molar-refractivity contribution in [2.24, 2.45) is 0 Å². The number of piperidine rings is 1. The molecule has 9 heteroatoms. The Bertz CT molecular complexity index is 978. The first kappa shape index (κ1) is 21.7. The number of amides is 2. The van der Waals surface area contributed by atoms with Gasteiger partial charge in [-0.1, -0.05) is 24.3 Å². The van der Waals surface area contributed by atoms with Gasteiger partial charge in [0.05, 0.1) is 15.5 Å². The zero-order valence-electron chi connectivity index (χ0n) is 16.9. The van der Waals surface area contributed by atoms with E-state index >= 15 is 0 Å². The standard InChI is InChI=1S/C22H23N3O4S2/c26-20(16-30-19-7-2-1-3-8-19)23-11-9-22(10-12-23)24(13-14-31-22)21(27)17-5-4-6-18(15-17)25(28)29/h1-8,15H,9-14,16H2. The number of carbonyl (C=O) groups is 2. The van der Waals surface area contributed by atoms with Crippen LogP contribution in [0.3, 0.4) is 0 Å². The Morgan fingerprint density at radius 1 is 1.06 bits per heavy atom. The van der Waals surface area contributed by atoms with Crippen molar-refractivity contribution < 1.29 is 14.5 Å². The second-order valence-corrected chi connectivity index (χ2v) is 10.0. The molecule has 4 rings (SSSR count). The van der Waals surface area contributed by atoms with Gasteiger partial charge in [-0.15, -0.1) is 23.5 Å². The number of rotatable bonds is 5. The average Bonchev–Trinajstić information content (AvgIpc) is 3.21. The van der Waals surface area contributed by atoms with Crippen LogP contribution in [0.1, 0.15) is 23.2 Å². The molecule has 0 N–H and O–H groups in total. The molecular formula is C22H23N3O4S2. The molecule has 162 valence electrons. The molecule has 2 aromatic rings. The molecule has 0 unspecified atom stereocenters. The molecule has 31 heavy (non-hydrogen) atoms. The van der Waals surface area contributed by atoms with E-state index in [1.165, 1.54) is 23.9 Å². The van der Waals surface area contributed by atoms with E-state index in [4.69, 9.17) is 0 Å². The number of hydrogen-bond acceptors (Lipinski definition) is 6. The Labute approximate surface area is 189 Å². The van der Waals surface area contributed by atoms with E-state index < -0.39 is 4.92 Å². The molecule has 0 aliphatic carbocycles. The monoisotopic (exact) mass is 457 g/mol. The molecule has 2 heterocycles. The Kier molecular flexibility index (Phi) is 6.52. The quantitative estimate of drug-likeness (QED) is 0.385. The Morgan fingerprint density at radius 3 is 2.52 bits per heavy atom. The van der Waals surface area contributed by atoms with Crippen molar-refractivity contribution in [3.63, 3.8) is 0 Å². The molecule has 2 aliphatic rings. The second kappa shape index (κ2) is 9.32. The highest BCUT2D eigenvalue weighted by atomic mass is 32.2. The van der Waals surface area contributed by atoms with E-state index in [0.29, 0.717) is 43.8 Å². The lowest BCUT2D eigenvalue weighted by Gasteiger charge is -2.44. The van der Waals surface area contributed by atoms with Gasteiger partial charge in [-0.25, -0.2) is 0 Å². The molecule has 0 bridgehead atoms. The third-order valence-corrected chi connectivity index (χ3v) is 8.28. The number of likely N-dealkylation sites (tertiary alicyclic amines) is 1. The summed E-state index contributed by atoms with van der Waals surface area (Å²) in [5, 5.41) is 11.1. The van der Waals surface area contributed by atoms with Gasteiger partial charge in [-0.2, -0.15) is 0 Å². The average molecular weight is 458 g/mol. The molecule has 2 aromatic carbocycles. The van der Waals surface area contributed by atoms with E-state index in [1.54, 1.807) is 23.9 Å².